The van der Waals surface area contributed by atoms with E-state index in [4.69, 9.17) is 18.9 Å². The summed E-state index contributed by atoms with van der Waals surface area (Å²) in [4.78, 5) is 30.1. The van der Waals surface area contributed by atoms with Crippen molar-refractivity contribution < 1.29 is 49.0 Å². The first kappa shape index (κ1) is 52.6. The smallest absolute Gasteiger partial charge is 0.316 e. The average molecular weight is 1090 g/mol. The number of hydrogen-bond donors (Lipinski definition) is 5. The Morgan fingerprint density at radius 3 is 2.55 bits per heavy atom. The van der Waals surface area contributed by atoms with Gasteiger partial charge in [-0.3, -0.25) is 9.59 Å². The van der Waals surface area contributed by atoms with Crippen LogP contribution in [0.15, 0.2) is 115 Å². The largest absolute Gasteiger partial charge is 0.508 e. The first-order valence-electron chi connectivity index (χ1n) is 27.8. The van der Waals surface area contributed by atoms with Gasteiger partial charge in [0.15, 0.2) is 23.0 Å². The van der Waals surface area contributed by atoms with Crippen molar-refractivity contribution in [2.75, 3.05) is 32.3 Å². The number of allylic oxidation sites excluding steroid dienone is 1. The number of phenolic OH excluding ortho intramolecular Hbond substituents is 3. The Hall–Kier alpha value is -6.12. The first-order chi connectivity index (χ1) is 37.8. The Morgan fingerprint density at radius 2 is 1.73 bits per heavy atom. The molecule has 0 amide bonds. The third-order valence-corrected chi connectivity index (χ3v) is 21.1. The molecular formula is C65H69NO10S2. The van der Waals surface area contributed by atoms with Crippen LogP contribution in [0, 0.1) is 29.1 Å². The zero-order chi connectivity index (χ0) is 53.9. The van der Waals surface area contributed by atoms with E-state index in [1.165, 1.54) is 14.0 Å². The van der Waals surface area contributed by atoms with Crippen molar-refractivity contribution in [2.45, 2.75) is 107 Å². The Morgan fingerprint density at radius 1 is 0.885 bits per heavy atom. The van der Waals surface area contributed by atoms with Crippen LogP contribution in [0.5, 0.6) is 28.7 Å². The molecule has 13 heteroatoms. The minimum atomic E-state index is -1.04. The van der Waals surface area contributed by atoms with Crippen LogP contribution in [0.25, 0.3) is 28.0 Å². The maximum absolute atomic E-state index is 16.3. The van der Waals surface area contributed by atoms with Crippen molar-refractivity contribution in [3.63, 3.8) is 0 Å². The molecule has 6 bridgehead atoms. The van der Waals surface area contributed by atoms with Gasteiger partial charge in [0.1, 0.15) is 18.0 Å². The molecule has 3 fully saturated rings. The highest BCUT2D eigenvalue weighted by Gasteiger charge is 2.65. The van der Waals surface area contributed by atoms with E-state index in [2.05, 4.69) is 59.9 Å². The monoisotopic (exact) mass is 1090 g/mol. The zero-order valence-corrected chi connectivity index (χ0v) is 46.1. The fourth-order valence-corrected chi connectivity index (χ4v) is 17.8. The van der Waals surface area contributed by atoms with Gasteiger partial charge in [-0.25, -0.2) is 0 Å². The van der Waals surface area contributed by atoms with Crippen molar-refractivity contribution in [1.82, 2.24) is 5.32 Å². The molecule has 406 valence electrons. The third-order valence-electron chi connectivity index (χ3n) is 18.6. The summed E-state index contributed by atoms with van der Waals surface area (Å²) < 4.78 is 26.2. The molecule has 0 unspecified atom stereocenters. The van der Waals surface area contributed by atoms with Gasteiger partial charge in [0.2, 0.25) is 0 Å². The fraction of sp³-hybridized carbons (Fsp3) is 0.415. The predicted octanol–water partition coefficient (Wildman–Crippen LogP) is 12.2. The number of carbonyl (C=O) groups is 2. The van der Waals surface area contributed by atoms with Crippen molar-refractivity contribution >= 4 is 50.4 Å². The Labute approximate surface area is 464 Å². The molecule has 0 spiro atoms. The number of benzene rings is 6. The minimum Gasteiger partial charge on any atom is -0.508 e. The quantitative estimate of drug-likeness (QED) is 0.0723. The number of aliphatic hydroxyl groups is 1. The van der Waals surface area contributed by atoms with Crippen LogP contribution in [-0.4, -0.2) is 82.9 Å². The van der Waals surface area contributed by atoms with Crippen LogP contribution in [0.3, 0.4) is 0 Å². The highest BCUT2D eigenvalue weighted by atomic mass is 33.1. The number of hydrogen-bond acceptors (Lipinski definition) is 13. The van der Waals surface area contributed by atoms with E-state index >= 15 is 4.79 Å². The second-order valence-corrected chi connectivity index (χ2v) is 25.6. The standard InChI is InChI=1S/C65H69NO10S2/c1-37(67)75-59-30-47-29-52-50-32-61(57(70)25-43(50)23-53-56(69)33-54-51-31-58(71)60(73-3)26-44(51)24-55(59)65(54,62(52)53)18-16-38-9-5-4-6-10-38)74-19-20-77-78-36-40-12-8-17-64(34-40,63(72)76-47)45-15-14-42-22-46(68)28-49(48(42)27-45)41-13-7-11-39(21-41)35-66-2/h4-7,9-11,13-16,18,21-22,25-28,31-32,40,47,52-56,59,62,66,68-71H,8,12,17,19-20,23-24,29-30,33-36H2,1-3H3/b18-16+/t40-,47+,52+,53+,54+,55-,56-,59-,62-,64+,65-/m1/s1. The van der Waals surface area contributed by atoms with Gasteiger partial charge >= 0.3 is 11.9 Å². The predicted molar refractivity (Wildman–Crippen MR) is 307 cm³/mol. The number of nitrogens with one attached hydrogen (secondary N) is 1. The van der Waals surface area contributed by atoms with E-state index in [9.17, 15) is 25.2 Å². The Balaban J connectivity index is 1.05. The van der Waals surface area contributed by atoms with E-state index in [1.807, 2.05) is 67.7 Å². The molecule has 11 atom stereocenters. The van der Waals surface area contributed by atoms with Crippen molar-refractivity contribution in [3.8, 4) is 39.9 Å². The minimum absolute atomic E-state index is 0.0181. The van der Waals surface area contributed by atoms with Crippen molar-refractivity contribution in [3.05, 3.63) is 154 Å². The molecule has 6 aromatic carbocycles. The molecular weight excluding hydrogens is 1020 g/mol. The molecule has 0 aromatic heterocycles. The van der Waals surface area contributed by atoms with E-state index in [0.717, 1.165) is 79.4 Å². The van der Waals surface area contributed by atoms with Gasteiger partial charge in [0.05, 0.1) is 25.2 Å². The topological polar surface area (TPSA) is 164 Å². The summed E-state index contributed by atoms with van der Waals surface area (Å²) in [7, 11) is 6.99. The van der Waals surface area contributed by atoms with Gasteiger partial charge in [-0.2, -0.15) is 0 Å². The Bertz CT molecular complexity index is 3290. The maximum atomic E-state index is 16.3. The Kier molecular flexibility index (Phi) is 14.5. The SMILES string of the molecule is CNCc1cccc(-c2cc(O)cc3ccc([C@@]45CCC[C@@H](CSSCCOc6cc7c(cc6O)C[C@@H]6[C@H]8[C@H]7C[C@@H](C[C@@H](OC(C)=O)[C@H]7Cc9cc(OC)c(O)cc9[C@H](C[C@H]6O)[C@@]87/C=C/c6ccccc6)OC4=O)C5)cc23)c1. The summed E-state index contributed by atoms with van der Waals surface area (Å²) in [5, 5.41) is 52.3. The highest BCUT2D eigenvalue weighted by Crippen LogP contribution is 2.70. The molecule has 6 aliphatic rings. The van der Waals surface area contributed by atoms with Crippen LogP contribution in [0.1, 0.15) is 103 Å². The number of fused-ring (bicyclic) bond motifs is 7. The van der Waals surface area contributed by atoms with Crippen molar-refractivity contribution in [1.29, 1.82) is 0 Å². The van der Waals surface area contributed by atoms with Gasteiger partial charge in [0, 0.05) is 42.7 Å². The summed E-state index contributed by atoms with van der Waals surface area (Å²) in [6, 6.07) is 35.9. The fourth-order valence-electron chi connectivity index (χ4n) is 15.5. The molecule has 5 aliphatic carbocycles. The normalized spacial score (nSPS) is 29.5. The summed E-state index contributed by atoms with van der Waals surface area (Å²) >= 11 is 0. The number of rotatable bonds is 8. The van der Waals surface area contributed by atoms with Crippen LogP contribution < -0.4 is 14.8 Å². The van der Waals surface area contributed by atoms with E-state index in [-0.39, 0.29) is 65.1 Å². The molecule has 6 aromatic rings. The lowest BCUT2D eigenvalue weighted by Gasteiger charge is -2.64. The van der Waals surface area contributed by atoms with Gasteiger partial charge in [-0.1, -0.05) is 101 Å². The van der Waals surface area contributed by atoms with Crippen molar-refractivity contribution in [2.24, 2.45) is 29.1 Å². The van der Waals surface area contributed by atoms with Crippen LogP contribution >= 0.6 is 21.6 Å². The number of aliphatic hydroxyl groups excluding tert-OH is 1. The third kappa shape index (κ3) is 9.49. The molecule has 78 heavy (non-hydrogen) atoms. The number of phenols is 3. The van der Waals surface area contributed by atoms with E-state index < -0.39 is 35.1 Å². The second kappa shape index (κ2) is 21.5. The summed E-state index contributed by atoms with van der Waals surface area (Å²) in [5.74, 6) is 0.261. The van der Waals surface area contributed by atoms with Crippen LogP contribution in [-0.2, 0) is 43.9 Å². The summed E-state index contributed by atoms with van der Waals surface area (Å²) in [6.45, 7) is 2.52. The molecule has 3 saturated carbocycles. The maximum Gasteiger partial charge on any atom is 0.316 e. The number of aromatic hydroxyl groups is 3. The van der Waals surface area contributed by atoms with Gasteiger partial charge in [-0.05, 0) is 191 Å². The zero-order valence-electron chi connectivity index (χ0n) is 44.5. The lowest BCUT2D eigenvalue weighted by atomic mass is 9.40. The number of esters is 2. The van der Waals surface area contributed by atoms with E-state index in [0.29, 0.717) is 68.9 Å². The van der Waals surface area contributed by atoms with Gasteiger partial charge in [0.25, 0.3) is 0 Å². The molecule has 1 heterocycles. The molecule has 0 radical (unpaired) electrons. The summed E-state index contributed by atoms with van der Waals surface area (Å²) in [6.07, 6.45) is 7.08. The number of carbonyl (C=O) groups excluding carboxylic acids is 2. The molecule has 11 nitrogen and oxygen atoms in total. The molecule has 0 saturated heterocycles. The lowest BCUT2D eigenvalue weighted by Crippen LogP contribution is -2.62. The average Bonchev–Trinajstić information content (AvgIpc) is 3.45. The number of methoxy groups -OCH3 is 1. The first-order valence-corrected chi connectivity index (χ1v) is 30.3. The highest BCUT2D eigenvalue weighted by molar-refractivity contribution is 8.76. The van der Waals surface area contributed by atoms with Gasteiger partial charge < -0.3 is 44.7 Å². The second-order valence-electron chi connectivity index (χ2n) is 23.0. The molecule has 5 N–H and O–H groups in total. The lowest BCUT2D eigenvalue weighted by molar-refractivity contribution is -0.179. The van der Waals surface area contributed by atoms with E-state index in [1.54, 1.807) is 27.7 Å². The number of ether oxygens (including phenoxy) is 4. The van der Waals surface area contributed by atoms with Crippen LogP contribution in [0.2, 0.25) is 0 Å². The van der Waals surface area contributed by atoms with Crippen LogP contribution in [0.4, 0.5) is 0 Å². The summed E-state index contributed by atoms with van der Waals surface area (Å²) in [5.41, 5.74) is 6.80. The molecule has 1 aliphatic heterocycles. The van der Waals surface area contributed by atoms with Gasteiger partial charge in [-0.15, -0.1) is 0 Å². The molecule has 12 rings (SSSR count).